The van der Waals surface area contributed by atoms with Crippen LogP contribution in [0.15, 0.2) is 30.3 Å². The normalized spacial score (nSPS) is 11.8. The third-order valence-electron chi connectivity index (χ3n) is 2.86. The molecule has 0 aliphatic rings. The number of rotatable bonds is 1. The van der Waals surface area contributed by atoms with Crippen molar-refractivity contribution < 1.29 is 9.47 Å². The van der Waals surface area contributed by atoms with Gasteiger partial charge < -0.3 is 9.94 Å². The number of nitrogens with zero attached hydrogens (tertiary/aromatic N) is 1. The van der Waals surface area contributed by atoms with Gasteiger partial charge in [0.25, 0.3) is 0 Å². The highest BCUT2D eigenvalue weighted by Crippen LogP contribution is 2.28. The van der Waals surface area contributed by atoms with Gasteiger partial charge >= 0.3 is 0 Å². The van der Waals surface area contributed by atoms with Crippen molar-refractivity contribution in [1.82, 2.24) is 0 Å². The fraction of sp³-hybridized carbons (Fsp3) is 0.357. The summed E-state index contributed by atoms with van der Waals surface area (Å²) in [5.41, 5.74) is 1.16. The molecule has 2 aromatic rings. The molecule has 90 valence electrons. The van der Waals surface area contributed by atoms with Gasteiger partial charge in [-0.25, -0.2) is 0 Å². The van der Waals surface area contributed by atoms with Gasteiger partial charge in [-0.2, -0.15) is 4.73 Å². The zero-order chi connectivity index (χ0) is 12.6. The SMILES string of the molecule is COc1cc(C(C)(C)C)[n+]([O-])c2ccccc12. The van der Waals surface area contributed by atoms with Crippen LogP contribution in [-0.2, 0) is 5.41 Å². The van der Waals surface area contributed by atoms with E-state index in [0.29, 0.717) is 11.2 Å². The van der Waals surface area contributed by atoms with Gasteiger partial charge in [-0.1, -0.05) is 32.9 Å². The first-order valence-corrected chi connectivity index (χ1v) is 5.65. The molecular formula is C14H17NO2. The maximum Gasteiger partial charge on any atom is 0.227 e. The first-order chi connectivity index (χ1) is 7.95. The first kappa shape index (κ1) is 11.7. The molecule has 0 unspecified atom stereocenters. The minimum absolute atomic E-state index is 0.209. The number of hydrogen-bond donors (Lipinski definition) is 0. The van der Waals surface area contributed by atoms with Crippen molar-refractivity contribution in [3.63, 3.8) is 0 Å². The van der Waals surface area contributed by atoms with Gasteiger partial charge in [0.1, 0.15) is 5.75 Å². The summed E-state index contributed by atoms with van der Waals surface area (Å²) < 4.78 is 6.36. The Morgan fingerprint density at radius 1 is 1.18 bits per heavy atom. The van der Waals surface area contributed by atoms with E-state index in [-0.39, 0.29) is 5.41 Å². The number of ether oxygens (including phenoxy) is 1. The molecule has 0 bridgehead atoms. The second kappa shape index (κ2) is 3.91. The van der Waals surface area contributed by atoms with E-state index in [0.717, 1.165) is 15.9 Å². The van der Waals surface area contributed by atoms with Crippen molar-refractivity contribution >= 4 is 10.9 Å². The topological polar surface area (TPSA) is 36.2 Å². The lowest BCUT2D eigenvalue weighted by atomic mass is 9.91. The van der Waals surface area contributed by atoms with Crippen LogP contribution >= 0.6 is 0 Å². The molecule has 0 radical (unpaired) electrons. The van der Waals surface area contributed by atoms with Gasteiger partial charge in [-0.3, -0.25) is 0 Å². The van der Waals surface area contributed by atoms with Crippen molar-refractivity contribution in [2.45, 2.75) is 26.2 Å². The molecule has 17 heavy (non-hydrogen) atoms. The Balaban J connectivity index is 2.85. The van der Waals surface area contributed by atoms with E-state index < -0.39 is 0 Å². The Bertz CT molecular complexity index is 556. The van der Waals surface area contributed by atoms with Crippen LogP contribution in [0, 0.1) is 5.21 Å². The van der Waals surface area contributed by atoms with Gasteiger partial charge in [0.05, 0.1) is 18.6 Å². The number of aromatic nitrogens is 1. The van der Waals surface area contributed by atoms with Gasteiger partial charge in [-0.05, 0) is 6.07 Å². The fourth-order valence-electron chi connectivity index (χ4n) is 1.94. The Morgan fingerprint density at radius 3 is 2.41 bits per heavy atom. The molecule has 2 rings (SSSR count). The zero-order valence-electron chi connectivity index (χ0n) is 10.7. The highest BCUT2D eigenvalue weighted by molar-refractivity contribution is 5.82. The van der Waals surface area contributed by atoms with Crippen LogP contribution in [0.1, 0.15) is 26.5 Å². The molecule has 0 fully saturated rings. The third-order valence-corrected chi connectivity index (χ3v) is 2.86. The summed E-state index contributed by atoms with van der Waals surface area (Å²) in [6.07, 6.45) is 0. The van der Waals surface area contributed by atoms with Crippen LogP contribution in [0.25, 0.3) is 10.9 Å². The summed E-state index contributed by atoms with van der Waals surface area (Å²) in [7, 11) is 1.63. The number of methoxy groups -OCH3 is 1. The van der Waals surface area contributed by atoms with E-state index in [2.05, 4.69) is 0 Å². The smallest absolute Gasteiger partial charge is 0.227 e. The predicted octanol–water partition coefficient (Wildman–Crippen LogP) is 2.78. The fourth-order valence-corrected chi connectivity index (χ4v) is 1.94. The Labute approximate surface area is 101 Å². The zero-order valence-corrected chi connectivity index (χ0v) is 10.7. The van der Waals surface area contributed by atoms with E-state index >= 15 is 0 Å². The minimum Gasteiger partial charge on any atom is -0.618 e. The first-order valence-electron chi connectivity index (χ1n) is 5.65. The molecule has 0 saturated carbocycles. The molecule has 0 aliphatic carbocycles. The van der Waals surface area contributed by atoms with Crippen LogP contribution in [0.3, 0.4) is 0 Å². The van der Waals surface area contributed by atoms with Crippen molar-refractivity contribution in [2.75, 3.05) is 7.11 Å². The molecule has 0 amide bonds. The maximum absolute atomic E-state index is 12.3. The van der Waals surface area contributed by atoms with Gasteiger partial charge in [0.2, 0.25) is 11.2 Å². The maximum atomic E-state index is 12.3. The average Bonchev–Trinajstić information content (AvgIpc) is 2.28. The molecule has 1 aromatic carbocycles. The van der Waals surface area contributed by atoms with Crippen molar-refractivity contribution in [3.8, 4) is 5.75 Å². The van der Waals surface area contributed by atoms with Crippen LogP contribution in [0.4, 0.5) is 0 Å². The molecule has 0 N–H and O–H groups in total. The Hall–Kier alpha value is -1.77. The summed E-state index contributed by atoms with van der Waals surface area (Å²) in [4.78, 5) is 0. The number of fused-ring (bicyclic) bond motifs is 1. The summed E-state index contributed by atoms with van der Waals surface area (Å²) in [5, 5.41) is 13.1. The quantitative estimate of drug-likeness (QED) is 0.559. The van der Waals surface area contributed by atoms with Crippen LogP contribution in [-0.4, -0.2) is 7.11 Å². The van der Waals surface area contributed by atoms with Crippen molar-refractivity contribution in [3.05, 3.63) is 41.2 Å². The molecule has 3 nitrogen and oxygen atoms in total. The number of benzene rings is 1. The highest BCUT2D eigenvalue weighted by atomic mass is 16.5. The lowest BCUT2D eigenvalue weighted by molar-refractivity contribution is -0.590. The van der Waals surface area contributed by atoms with Crippen molar-refractivity contribution in [2.24, 2.45) is 0 Å². The van der Waals surface area contributed by atoms with Crippen LogP contribution in [0.2, 0.25) is 0 Å². The lowest BCUT2D eigenvalue weighted by Gasteiger charge is -2.19. The summed E-state index contributed by atoms with van der Waals surface area (Å²) in [6.45, 7) is 6.06. The molecule has 3 heteroatoms. The van der Waals surface area contributed by atoms with E-state index in [4.69, 9.17) is 4.74 Å². The largest absolute Gasteiger partial charge is 0.618 e. The number of para-hydroxylation sites is 1. The van der Waals surface area contributed by atoms with E-state index in [1.54, 1.807) is 7.11 Å². The van der Waals surface area contributed by atoms with Gasteiger partial charge in [0.15, 0.2) is 0 Å². The summed E-state index contributed by atoms with van der Waals surface area (Å²) in [5.74, 6) is 0.748. The van der Waals surface area contributed by atoms with E-state index in [9.17, 15) is 5.21 Å². The van der Waals surface area contributed by atoms with Gasteiger partial charge in [-0.15, -0.1) is 0 Å². The molecule has 0 saturated heterocycles. The van der Waals surface area contributed by atoms with Crippen LogP contribution in [0.5, 0.6) is 5.75 Å². The third kappa shape index (κ3) is 1.93. The highest BCUT2D eigenvalue weighted by Gasteiger charge is 2.26. The molecular weight excluding hydrogens is 214 g/mol. The van der Waals surface area contributed by atoms with Gasteiger partial charge in [0, 0.05) is 11.5 Å². The number of pyridine rings is 1. The van der Waals surface area contributed by atoms with Crippen LogP contribution < -0.4 is 9.47 Å². The summed E-state index contributed by atoms with van der Waals surface area (Å²) in [6, 6.07) is 9.31. The van der Waals surface area contributed by atoms with E-state index in [1.807, 2.05) is 51.1 Å². The summed E-state index contributed by atoms with van der Waals surface area (Å²) >= 11 is 0. The molecule has 0 spiro atoms. The lowest BCUT2D eigenvalue weighted by Crippen LogP contribution is -2.39. The predicted molar refractivity (Wildman–Crippen MR) is 68.2 cm³/mol. The Morgan fingerprint density at radius 2 is 1.82 bits per heavy atom. The Kier molecular flexibility index (Phi) is 2.69. The average molecular weight is 231 g/mol. The second-order valence-electron chi connectivity index (χ2n) is 5.16. The molecule has 1 aromatic heterocycles. The second-order valence-corrected chi connectivity index (χ2v) is 5.16. The number of hydrogen-bond acceptors (Lipinski definition) is 2. The van der Waals surface area contributed by atoms with E-state index in [1.165, 1.54) is 0 Å². The molecule has 0 aliphatic heterocycles. The van der Waals surface area contributed by atoms with Crippen molar-refractivity contribution in [1.29, 1.82) is 0 Å². The standard InChI is InChI=1S/C14H17NO2/c1-14(2,3)13-9-12(17-4)10-7-5-6-8-11(10)15(13)16/h5-9H,1-4H3. The molecule has 0 atom stereocenters. The minimum atomic E-state index is -0.209. The monoisotopic (exact) mass is 231 g/mol. The molecule has 1 heterocycles.